The zero-order valence-electron chi connectivity index (χ0n) is 12.1. The minimum atomic E-state index is 0.387. The van der Waals surface area contributed by atoms with Gasteiger partial charge in [0.2, 0.25) is 5.95 Å². The summed E-state index contributed by atoms with van der Waals surface area (Å²) in [6.07, 6.45) is 5.89. The van der Waals surface area contributed by atoms with Crippen LogP contribution in [0.15, 0.2) is 42.7 Å². The van der Waals surface area contributed by atoms with Gasteiger partial charge in [0.15, 0.2) is 5.13 Å². The van der Waals surface area contributed by atoms with Gasteiger partial charge in [-0.3, -0.25) is 0 Å². The fourth-order valence-electron chi connectivity index (χ4n) is 2.84. The molecule has 1 aromatic carbocycles. The smallest absolute Gasteiger partial charge is 0.225 e. The van der Waals surface area contributed by atoms with Crippen LogP contribution in [-0.4, -0.2) is 34.1 Å². The van der Waals surface area contributed by atoms with Crippen LogP contribution in [0.2, 0.25) is 0 Å². The van der Waals surface area contributed by atoms with Gasteiger partial charge < -0.3 is 10.2 Å². The Labute approximate surface area is 133 Å². The minimum Gasteiger partial charge on any atom is -0.357 e. The number of anilines is 2. The van der Waals surface area contributed by atoms with Crippen LogP contribution in [-0.2, 0) is 0 Å². The summed E-state index contributed by atoms with van der Waals surface area (Å²) in [5.41, 5.74) is 1.06. The largest absolute Gasteiger partial charge is 0.357 e. The van der Waals surface area contributed by atoms with E-state index in [9.17, 15) is 0 Å². The van der Waals surface area contributed by atoms with Crippen molar-refractivity contribution in [3.63, 3.8) is 0 Å². The molecule has 5 nitrogen and oxygen atoms in total. The van der Waals surface area contributed by atoms with Crippen molar-refractivity contribution >= 4 is 32.6 Å². The lowest BCUT2D eigenvalue weighted by molar-refractivity contribution is 0.522. The standard InChI is InChI=1S/C16H17N5S/c1-2-7-14-13(6-1)20-16(22-14)19-12-5-3-10-21(11-12)15-17-8-4-9-18-15/h1-2,4,6-9,12H,3,5,10-11H2,(H,19,20). The average molecular weight is 311 g/mol. The summed E-state index contributed by atoms with van der Waals surface area (Å²) in [5, 5.41) is 4.58. The van der Waals surface area contributed by atoms with Gasteiger partial charge in [-0.25, -0.2) is 15.0 Å². The minimum absolute atomic E-state index is 0.387. The summed E-state index contributed by atoms with van der Waals surface area (Å²) in [4.78, 5) is 15.6. The molecule has 2 aromatic heterocycles. The number of piperidine rings is 1. The zero-order valence-corrected chi connectivity index (χ0v) is 13.0. The molecular weight excluding hydrogens is 294 g/mol. The van der Waals surface area contributed by atoms with E-state index in [1.165, 1.54) is 4.70 Å². The Hall–Kier alpha value is -2.21. The number of nitrogens with zero attached hydrogens (tertiary/aromatic N) is 4. The molecular formula is C16H17N5S. The number of aromatic nitrogens is 3. The van der Waals surface area contributed by atoms with E-state index in [1.54, 1.807) is 23.7 Å². The molecule has 4 rings (SSSR count). The van der Waals surface area contributed by atoms with Crippen LogP contribution in [0, 0.1) is 0 Å². The van der Waals surface area contributed by atoms with Gasteiger partial charge in [0.05, 0.1) is 10.2 Å². The Balaban J connectivity index is 1.48. The molecule has 1 unspecified atom stereocenters. The second-order valence-corrected chi connectivity index (χ2v) is 6.50. The van der Waals surface area contributed by atoms with E-state index in [-0.39, 0.29) is 0 Å². The van der Waals surface area contributed by atoms with E-state index in [0.717, 1.165) is 42.5 Å². The Morgan fingerprint density at radius 2 is 2.00 bits per heavy atom. The van der Waals surface area contributed by atoms with Crippen LogP contribution in [0.1, 0.15) is 12.8 Å². The van der Waals surface area contributed by atoms with Gasteiger partial charge >= 0.3 is 0 Å². The molecule has 1 saturated heterocycles. The molecule has 0 saturated carbocycles. The van der Waals surface area contributed by atoms with Crippen LogP contribution >= 0.6 is 11.3 Å². The first kappa shape index (κ1) is 13.5. The molecule has 6 heteroatoms. The van der Waals surface area contributed by atoms with Gasteiger partial charge in [-0.2, -0.15) is 0 Å². The van der Waals surface area contributed by atoms with E-state index in [4.69, 9.17) is 0 Å². The first-order chi connectivity index (χ1) is 10.9. The molecule has 1 fully saturated rings. The van der Waals surface area contributed by atoms with Crippen molar-refractivity contribution in [3.05, 3.63) is 42.7 Å². The van der Waals surface area contributed by atoms with Crippen molar-refractivity contribution in [1.82, 2.24) is 15.0 Å². The normalized spacial score (nSPS) is 18.5. The summed E-state index contributed by atoms with van der Waals surface area (Å²) in [6, 6.07) is 10.5. The zero-order chi connectivity index (χ0) is 14.8. The van der Waals surface area contributed by atoms with E-state index < -0.39 is 0 Å². The highest BCUT2D eigenvalue weighted by atomic mass is 32.1. The van der Waals surface area contributed by atoms with Crippen molar-refractivity contribution in [1.29, 1.82) is 0 Å². The Morgan fingerprint density at radius 3 is 2.86 bits per heavy atom. The van der Waals surface area contributed by atoms with E-state index >= 15 is 0 Å². The second kappa shape index (κ2) is 5.88. The SMILES string of the molecule is c1cnc(N2CCCC(Nc3nc4ccccc4s3)C2)nc1. The Morgan fingerprint density at radius 1 is 1.14 bits per heavy atom. The maximum absolute atomic E-state index is 4.66. The number of nitrogens with one attached hydrogen (secondary N) is 1. The third kappa shape index (κ3) is 2.74. The highest BCUT2D eigenvalue weighted by Gasteiger charge is 2.22. The molecule has 112 valence electrons. The predicted octanol–water partition coefficient (Wildman–Crippen LogP) is 3.17. The first-order valence-corrected chi connectivity index (χ1v) is 8.34. The van der Waals surface area contributed by atoms with E-state index in [1.807, 2.05) is 12.1 Å². The number of fused-ring (bicyclic) bond motifs is 1. The van der Waals surface area contributed by atoms with Gasteiger partial charge in [0.25, 0.3) is 0 Å². The lowest BCUT2D eigenvalue weighted by atomic mass is 10.1. The molecule has 0 radical (unpaired) electrons. The second-order valence-electron chi connectivity index (χ2n) is 5.47. The Bertz CT molecular complexity index is 724. The molecule has 0 bridgehead atoms. The monoisotopic (exact) mass is 311 g/mol. The fraction of sp³-hybridized carbons (Fsp3) is 0.312. The number of hydrogen-bond acceptors (Lipinski definition) is 6. The van der Waals surface area contributed by atoms with Crippen LogP contribution < -0.4 is 10.2 Å². The molecule has 0 amide bonds. The molecule has 22 heavy (non-hydrogen) atoms. The van der Waals surface area contributed by atoms with E-state index in [0.29, 0.717) is 6.04 Å². The van der Waals surface area contributed by atoms with Gasteiger partial charge in [-0.15, -0.1) is 0 Å². The van der Waals surface area contributed by atoms with Crippen molar-refractivity contribution in [2.24, 2.45) is 0 Å². The van der Waals surface area contributed by atoms with Crippen LogP contribution in [0.3, 0.4) is 0 Å². The first-order valence-electron chi connectivity index (χ1n) is 7.52. The van der Waals surface area contributed by atoms with Crippen LogP contribution in [0.5, 0.6) is 0 Å². The molecule has 0 aliphatic carbocycles. The number of rotatable bonds is 3. The van der Waals surface area contributed by atoms with Crippen molar-refractivity contribution in [3.8, 4) is 0 Å². The van der Waals surface area contributed by atoms with Crippen molar-refractivity contribution < 1.29 is 0 Å². The lowest BCUT2D eigenvalue weighted by Gasteiger charge is -2.32. The fourth-order valence-corrected chi connectivity index (χ4v) is 3.78. The van der Waals surface area contributed by atoms with Gasteiger partial charge in [-0.1, -0.05) is 23.5 Å². The van der Waals surface area contributed by atoms with Crippen LogP contribution in [0.25, 0.3) is 10.2 Å². The number of benzene rings is 1. The van der Waals surface area contributed by atoms with Gasteiger partial charge in [0, 0.05) is 31.5 Å². The average Bonchev–Trinajstić information content (AvgIpc) is 2.98. The van der Waals surface area contributed by atoms with Crippen molar-refractivity contribution in [2.75, 3.05) is 23.3 Å². The molecule has 0 spiro atoms. The summed E-state index contributed by atoms with van der Waals surface area (Å²) in [6.45, 7) is 1.93. The number of para-hydroxylation sites is 1. The maximum atomic E-state index is 4.66. The topological polar surface area (TPSA) is 53.9 Å². The summed E-state index contributed by atoms with van der Waals surface area (Å²) in [5.74, 6) is 0.818. The molecule has 3 aromatic rings. The predicted molar refractivity (Wildman–Crippen MR) is 90.5 cm³/mol. The highest BCUT2D eigenvalue weighted by molar-refractivity contribution is 7.22. The maximum Gasteiger partial charge on any atom is 0.225 e. The van der Waals surface area contributed by atoms with Gasteiger partial charge in [-0.05, 0) is 31.0 Å². The third-order valence-corrected chi connectivity index (χ3v) is 4.85. The lowest BCUT2D eigenvalue weighted by Crippen LogP contribution is -2.42. The van der Waals surface area contributed by atoms with E-state index in [2.05, 4.69) is 43.4 Å². The van der Waals surface area contributed by atoms with Gasteiger partial charge in [0.1, 0.15) is 0 Å². The van der Waals surface area contributed by atoms with Crippen molar-refractivity contribution in [2.45, 2.75) is 18.9 Å². The third-order valence-electron chi connectivity index (χ3n) is 3.88. The van der Waals surface area contributed by atoms with Crippen LogP contribution in [0.4, 0.5) is 11.1 Å². The number of hydrogen-bond donors (Lipinski definition) is 1. The highest BCUT2D eigenvalue weighted by Crippen LogP contribution is 2.27. The molecule has 1 atom stereocenters. The number of thiazole rings is 1. The summed E-state index contributed by atoms with van der Waals surface area (Å²) >= 11 is 1.72. The molecule has 1 aliphatic rings. The Kier molecular flexibility index (Phi) is 3.60. The molecule has 1 aliphatic heterocycles. The summed E-state index contributed by atoms with van der Waals surface area (Å²) < 4.78 is 1.23. The quantitative estimate of drug-likeness (QED) is 0.805. The molecule has 3 heterocycles. The molecule has 1 N–H and O–H groups in total. The summed E-state index contributed by atoms with van der Waals surface area (Å²) in [7, 11) is 0.